The lowest BCUT2D eigenvalue weighted by molar-refractivity contribution is 0.609. The van der Waals surface area contributed by atoms with E-state index in [1.807, 2.05) is 12.1 Å². The summed E-state index contributed by atoms with van der Waals surface area (Å²) in [5.41, 5.74) is 7.82. The molecule has 0 heterocycles. The van der Waals surface area contributed by atoms with Gasteiger partial charge in [0.05, 0.1) is 0 Å². The van der Waals surface area contributed by atoms with E-state index in [0.717, 1.165) is 18.8 Å². The first kappa shape index (κ1) is 11.1. The summed E-state index contributed by atoms with van der Waals surface area (Å²) in [6, 6.07) is 8.14. The molecule has 0 bridgehead atoms. The summed E-state index contributed by atoms with van der Waals surface area (Å²) >= 11 is 0. The normalized spacial score (nSPS) is 12.7. The minimum absolute atomic E-state index is 0.558. The van der Waals surface area contributed by atoms with E-state index >= 15 is 0 Å². The summed E-state index contributed by atoms with van der Waals surface area (Å²) in [4.78, 5) is 0. The van der Waals surface area contributed by atoms with Crippen molar-refractivity contribution in [2.75, 3.05) is 18.8 Å². The highest BCUT2D eigenvalue weighted by Crippen LogP contribution is 2.15. The number of hydrogen-bond donors (Lipinski definition) is 2. The first-order valence-electron chi connectivity index (χ1n) is 5.30. The van der Waals surface area contributed by atoms with Crippen molar-refractivity contribution in [3.63, 3.8) is 0 Å². The van der Waals surface area contributed by atoms with E-state index in [9.17, 15) is 0 Å². The average molecular weight is 192 g/mol. The van der Waals surface area contributed by atoms with Gasteiger partial charge in [-0.3, -0.25) is 0 Å². The van der Waals surface area contributed by atoms with E-state index < -0.39 is 0 Å². The molecule has 2 nitrogen and oxygen atoms in total. The molecule has 0 aliphatic rings. The van der Waals surface area contributed by atoms with Crippen LogP contribution >= 0.6 is 0 Å². The van der Waals surface area contributed by atoms with Gasteiger partial charge in [0.25, 0.3) is 0 Å². The maximum absolute atomic E-state index is 5.63. The van der Waals surface area contributed by atoms with Crippen LogP contribution < -0.4 is 11.1 Å². The van der Waals surface area contributed by atoms with Crippen molar-refractivity contribution in [3.05, 3.63) is 29.8 Å². The highest BCUT2D eigenvalue weighted by molar-refractivity contribution is 5.40. The van der Waals surface area contributed by atoms with Gasteiger partial charge in [-0.25, -0.2) is 0 Å². The van der Waals surface area contributed by atoms with Gasteiger partial charge >= 0.3 is 0 Å². The Balaban J connectivity index is 2.43. The Hall–Kier alpha value is -1.02. The molecule has 0 aliphatic carbocycles. The van der Waals surface area contributed by atoms with Gasteiger partial charge in [-0.1, -0.05) is 26.0 Å². The smallest absolute Gasteiger partial charge is 0.0314 e. The fourth-order valence-corrected chi connectivity index (χ4v) is 1.44. The second-order valence-corrected chi connectivity index (χ2v) is 3.77. The first-order chi connectivity index (χ1) is 6.74. The van der Waals surface area contributed by atoms with Crippen molar-refractivity contribution < 1.29 is 0 Å². The van der Waals surface area contributed by atoms with E-state index in [1.54, 1.807) is 0 Å². The third-order valence-corrected chi connectivity index (χ3v) is 2.38. The summed E-state index contributed by atoms with van der Waals surface area (Å²) in [5, 5.41) is 3.42. The second kappa shape index (κ2) is 5.66. The molecule has 1 aromatic rings. The van der Waals surface area contributed by atoms with Gasteiger partial charge in [0.1, 0.15) is 0 Å². The molecule has 0 unspecified atom stereocenters. The molecule has 78 valence electrons. The van der Waals surface area contributed by atoms with E-state index in [0.29, 0.717) is 5.92 Å². The van der Waals surface area contributed by atoms with Crippen LogP contribution in [0.1, 0.15) is 31.7 Å². The minimum atomic E-state index is 0.558. The molecule has 14 heavy (non-hydrogen) atoms. The Morgan fingerprint density at radius 1 is 1.29 bits per heavy atom. The zero-order valence-corrected chi connectivity index (χ0v) is 9.09. The molecule has 0 amide bonds. The lowest BCUT2D eigenvalue weighted by Crippen LogP contribution is -2.20. The van der Waals surface area contributed by atoms with Gasteiger partial charge < -0.3 is 11.1 Å². The van der Waals surface area contributed by atoms with Crippen LogP contribution in [0.5, 0.6) is 0 Å². The largest absolute Gasteiger partial charge is 0.399 e. The zero-order chi connectivity index (χ0) is 10.4. The maximum Gasteiger partial charge on any atom is 0.0314 e. The third kappa shape index (κ3) is 3.38. The molecule has 1 rings (SSSR count). The number of benzene rings is 1. The van der Waals surface area contributed by atoms with Crippen molar-refractivity contribution in [2.24, 2.45) is 0 Å². The topological polar surface area (TPSA) is 38.0 Å². The maximum atomic E-state index is 5.63. The molecule has 0 fully saturated rings. The van der Waals surface area contributed by atoms with E-state index in [-0.39, 0.29) is 0 Å². The Morgan fingerprint density at radius 2 is 1.93 bits per heavy atom. The fraction of sp³-hybridized carbons (Fsp3) is 0.500. The Kier molecular flexibility index (Phi) is 4.47. The quantitative estimate of drug-likeness (QED) is 0.555. The molecule has 3 N–H and O–H groups in total. The van der Waals surface area contributed by atoms with E-state index in [1.165, 1.54) is 12.0 Å². The van der Waals surface area contributed by atoms with Crippen molar-refractivity contribution in [3.8, 4) is 0 Å². The van der Waals surface area contributed by atoms with Crippen LogP contribution in [0.15, 0.2) is 24.3 Å². The number of nitrogens with one attached hydrogen (secondary N) is 1. The highest BCUT2D eigenvalue weighted by Gasteiger charge is 2.03. The molecular formula is C12H20N2. The predicted molar refractivity (Wildman–Crippen MR) is 62.4 cm³/mol. The van der Waals surface area contributed by atoms with Gasteiger partial charge in [-0.15, -0.1) is 0 Å². The van der Waals surface area contributed by atoms with Crippen LogP contribution in [-0.4, -0.2) is 13.1 Å². The zero-order valence-electron chi connectivity index (χ0n) is 9.09. The number of nitrogen functional groups attached to an aromatic ring is 1. The van der Waals surface area contributed by atoms with Gasteiger partial charge in [-0.2, -0.15) is 0 Å². The van der Waals surface area contributed by atoms with Crippen LogP contribution in [0.4, 0.5) is 5.69 Å². The molecule has 0 radical (unpaired) electrons. The van der Waals surface area contributed by atoms with E-state index in [2.05, 4.69) is 31.3 Å². The van der Waals surface area contributed by atoms with Crippen molar-refractivity contribution in [1.82, 2.24) is 5.32 Å². The monoisotopic (exact) mass is 192 g/mol. The van der Waals surface area contributed by atoms with Crippen LogP contribution in [0, 0.1) is 0 Å². The standard InChI is InChI=1S/C12H20N2/c1-3-8-14-9-10(2)11-4-6-12(13)7-5-11/h4-7,10,14H,3,8-9,13H2,1-2H3/t10-/m1/s1. The van der Waals surface area contributed by atoms with Crippen molar-refractivity contribution >= 4 is 5.69 Å². The molecule has 1 aromatic carbocycles. The van der Waals surface area contributed by atoms with Crippen LogP contribution in [-0.2, 0) is 0 Å². The molecule has 1 atom stereocenters. The summed E-state index contributed by atoms with van der Waals surface area (Å²) in [6.45, 7) is 6.55. The van der Waals surface area contributed by atoms with Crippen molar-refractivity contribution in [2.45, 2.75) is 26.2 Å². The molecule has 0 saturated carbocycles. The van der Waals surface area contributed by atoms with Crippen LogP contribution in [0.3, 0.4) is 0 Å². The van der Waals surface area contributed by atoms with Gasteiger partial charge in [0, 0.05) is 12.2 Å². The fourth-order valence-electron chi connectivity index (χ4n) is 1.44. The van der Waals surface area contributed by atoms with Gasteiger partial charge in [-0.05, 0) is 36.6 Å². The molecule has 0 spiro atoms. The Labute approximate surface area is 86.5 Å². The molecule has 2 heteroatoms. The summed E-state index contributed by atoms with van der Waals surface area (Å²) < 4.78 is 0. The van der Waals surface area contributed by atoms with Crippen molar-refractivity contribution in [1.29, 1.82) is 0 Å². The Morgan fingerprint density at radius 3 is 2.50 bits per heavy atom. The average Bonchev–Trinajstić information content (AvgIpc) is 2.19. The van der Waals surface area contributed by atoms with Gasteiger partial charge in [0.2, 0.25) is 0 Å². The van der Waals surface area contributed by atoms with Crippen LogP contribution in [0.2, 0.25) is 0 Å². The lowest BCUT2D eigenvalue weighted by atomic mass is 10.0. The molecule has 0 aliphatic heterocycles. The van der Waals surface area contributed by atoms with Gasteiger partial charge in [0.15, 0.2) is 0 Å². The molecule has 0 aromatic heterocycles. The SMILES string of the molecule is CCCNC[C@@H](C)c1ccc(N)cc1. The summed E-state index contributed by atoms with van der Waals surface area (Å²) in [7, 11) is 0. The minimum Gasteiger partial charge on any atom is -0.399 e. The van der Waals surface area contributed by atoms with E-state index in [4.69, 9.17) is 5.73 Å². The number of nitrogens with two attached hydrogens (primary N) is 1. The molecular weight excluding hydrogens is 172 g/mol. The summed E-state index contributed by atoms with van der Waals surface area (Å²) in [5.74, 6) is 0.558. The Bertz CT molecular complexity index is 254. The number of anilines is 1. The lowest BCUT2D eigenvalue weighted by Gasteiger charge is -2.12. The predicted octanol–water partition coefficient (Wildman–Crippen LogP) is 2.37. The molecule has 0 saturated heterocycles. The number of hydrogen-bond acceptors (Lipinski definition) is 2. The number of rotatable bonds is 5. The summed E-state index contributed by atoms with van der Waals surface area (Å²) in [6.07, 6.45) is 1.19. The highest BCUT2D eigenvalue weighted by atomic mass is 14.8. The third-order valence-electron chi connectivity index (χ3n) is 2.38. The first-order valence-corrected chi connectivity index (χ1v) is 5.30. The van der Waals surface area contributed by atoms with Crippen LogP contribution in [0.25, 0.3) is 0 Å². The second-order valence-electron chi connectivity index (χ2n) is 3.77.